The molecular formula is C18H26FNO3. The van der Waals surface area contributed by atoms with Crippen LogP contribution in [-0.2, 0) is 14.9 Å². The zero-order valence-corrected chi connectivity index (χ0v) is 13.8. The molecule has 2 N–H and O–H groups in total. The predicted octanol–water partition coefficient (Wildman–Crippen LogP) is 2.40. The number of amides is 1. The minimum absolute atomic E-state index is 0.120. The molecule has 1 heterocycles. The van der Waals surface area contributed by atoms with Crippen LogP contribution in [0.5, 0.6) is 0 Å². The van der Waals surface area contributed by atoms with E-state index in [9.17, 15) is 14.3 Å². The smallest absolute Gasteiger partial charge is 0.230 e. The molecule has 0 saturated carbocycles. The van der Waals surface area contributed by atoms with Crippen molar-refractivity contribution in [1.29, 1.82) is 0 Å². The molecule has 0 radical (unpaired) electrons. The largest absolute Gasteiger partial charge is 0.391 e. The number of nitrogens with one attached hydrogen (secondary N) is 1. The fourth-order valence-corrected chi connectivity index (χ4v) is 2.99. The number of carbonyl (C=O) groups is 1. The summed E-state index contributed by atoms with van der Waals surface area (Å²) in [5, 5.41) is 12.9. The Morgan fingerprint density at radius 2 is 2.13 bits per heavy atom. The number of hydrogen-bond acceptors (Lipinski definition) is 3. The van der Waals surface area contributed by atoms with Crippen molar-refractivity contribution in [1.82, 2.24) is 5.32 Å². The maximum Gasteiger partial charge on any atom is 0.230 e. The van der Waals surface area contributed by atoms with Crippen molar-refractivity contribution < 1.29 is 19.0 Å². The second-order valence-electron chi connectivity index (χ2n) is 6.37. The Labute approximate surface area is 137 Å². The molecule has 128 valence electrons. The van der Waals surface area contributed by atoms with Gasteiger partial charge in [0.15, 0.2) is 0 Å². The monoisotopic (exact) mass is 323 g/mol. The van der Waals surface area contributed by atoms with E-state index in [2.05, 4.69) is 5.32 Å². The Kier molecular flexibility index (Phi) is 6.13. The Hall–Kier alpha value is -1.46. The average molecular weight is 323 g/mol. The van der Waals surface area contributed by atoms with Crippen molar-refractivity contribution in [3.05, 3.63) is 35.6 Å². The first-order valence-corrected chi connectivity index (χ1v) is 8.29. The molecule has 1 aliphatic rings. The first-order chi connectivity index (χ1) is 11.0. The third-order valence-electron chi connectivity index (χ3n) is 4.93. The Bertz CT molecular complexity index is 529. The maximum absolute atomic E-state index is 13.6. The lowest BCUT2D eigenvalue weighted by Gasteiger charge is -2.36. The zero-order valence-electron chi connectivity index (χ0n) is 13.8. The predicted molar refractivity (Wildman–Crippen MR) is 86.6 cm³/mol. The number of benzene rings is 1. The van der Waals surface area contributed by atoms with E-state index in [4.69, 9.17) is 4.74 Å². The van der Waals surface area contributed by atoms with E-state index in [1.165, 1.54) is 12.1 Å². The van der Waals surface area contributed by atoms with Gasteiger partial charge in [0.1, 0.15) is 5.82 Å². The number of ether oxygens (including phenoxy) is 1. The first-order valence-electron chi connectivity index (χ1n) is 8.29. The molecule has 5 heteroatoms. The van der Waals surface area contributed by atoms with E-state index in [0.29, 0.717) is 31.6 Å². The van der Waals surface area contributed by atoms with E-state index in [0.717, 1.165) is 6.42 Å². The van der Waals surface area contributed by atoms with Crippen molar-refractivity contribution in [2.75, 3.05) is 19.8 Å². The van der Waals surface area contributed by atoms with E-state index in [-0.39, 0.29) is 24.2 Å². The van der Waals surface area contributed by atoms with Crippen LogP contribution in [0.1, 0.15) is 38.7 Å². The molecule has 1 aromatic rings. The van der Waals surface area contributed by atoms with Crippen LogP contribution in [0, 0.1) is 11.7 Å². The minimum Gasteiger partial charge on any atom is -0.391 e. The number of hydrogen-bond donors (Lipinski definition) is 2. The number of aliphatic hydroxyl groups is 1. The van der Waals surface area contributed by atoms with Gasteiger partial charge in [-0.25, -0.2) is 4.39 Å². The highest BCUT2D eigenvalue weighted by atomic mass is 19.1. The highest BCUT2D eigenvalue weighted by molar-refractivity contribution is 5.88. The number of carbonyl (C=O) groups excluding carboxylic acids is 1. The first kappa shape index (κ1) is 17.9. The van der Waals surface area contributed by atoms with Gasteiger partial charge in [0.25, 0.3) is 0 Å². The van der Waals surface area contributed by atoms with Gasteiger partial charge >= 0.3 is 0 Å². The fourth-order valence-electron chi connectivity index (χ4n) is 2.99. The van der Waals surface area contributed by atoms with Gasteiger partial charge in [0.2, 0.25) is 5.91 Å². The molecule has 0 spiro atoms. The number of aliphatic hydroxyl groups excluding tert-OH is 1. The summed E-state index contributed by atoms with van der Waals surface area (Å²) >= 11 is 0. The summed E-state index contributed by atoms with van der Waals surface area (Å²) in [5.74, 6) is -0.385. The maximum atomic E-state index is 13.6. The van der Waals surface area contributed by atoms with Gasteiger partial charge in [-0.1, -0.05) is 32.4 Å². The summed E-state index contributed by atoms with van der Waals surface area (Å²) in [6, 6.07) is 6.22. The lowest BCUT2D eigenvalue weighted by atomic mass is 9.73. The molecule has 2 atom stereocenters. The quantitative estimate of drug-likeness (QED) is 0.845. The molecule has 1 amide bonds. The van der Waals surface area contributed by atoms with Crippen LogP contribution in [0.3, 0.4) is 0 Å². The second kappa shape index (κ2) is 7.88. The van der Waals surface area contributed by atoms with Gasteiger partial charge in [-0.2, -0.15) is 0 Å². The lowest BCUT2D eigenvalue weighted by Crippen LogP contribution is -2.50. The van der Waals surface area contributed by atoms with E-state index in [1.54, 1.807) is 12.1 Å². The molecule has 1 fully saturated rings. The van der Waals surface area contributed by atoms with Crippen LogP contribution in [0.4, 0.5) is 4.39 Å². The van der Waals surface area contributed by atoms with Crippen molar-refractivity contribution in [2.24, 2.45) is 5.92 Å². The summed E-state index contributed by atoms with van der Waals surface area (Å²) in [5.41, 5.74) is -0.105. The molecule has 1 aliphatic heterocycles. The van der Waals surface area contributed by atoms with Gasteiger partial charge in [0, 0.05) is 19.8 Å². The molecule has 0 bridgehead atoms. The van der Waals surface area contributed by atoms with E-state index >= 15 is 0 Å². The SMILES string of the molecule is CCC(C)C(O)CNC(=O)C1(c2cccc(F)c2)CCOCC1. The topological polar surface area (TPSA) is 58.6 Å². The summed E-state index contributed by atoms with van der Waals surface area (Å²) in [6.45, 7) is 5.11. The number of halogens is 1. The van der Waals surface area contributed by atoms with Gasteiger partial charge < -0.3 is 15.2 Å². The lowest BCUT2D eigenvalue weighted by molar-refractivity contribution is -0.131. The third-order valence-corrected chi connectivity index (χ3v) is 4.93. The van der Waals surface area contributed by atoms with E-state index < -0.39 is 11.5 Å². The molecular weight excluding hydrogens is 297 g/mol. The number of rotatable bonds is 6. The molecule has 2 rings (SSSR count). The van der Waals surface area contributed by atoms with Crippen molar-refractivity contribution in [3.8, 4) is 0 Å². The average Bonchev–Trinajstić information content (AvgIpc) is 2.59. The molecule has 1 saturated heterocycles. The van der Waals surface area contributed by atoms with Crippen LogP contribution in [0.15, 0.2) is 24.3 Å². The Balaban J connectivity index is 2.16. The highest BCUT2D eigenvalue weighted by Gasteiger charge is 2.42. The van der Waals surface area contributed by atoms with E-state index in [1.807, 2.05) is 13.8 Å². The van der Waals surface area contributed by atoms with Crippen LogP contribution >= 0.6 is 0 Å². The highest BCUT2D eigenvalue weighted by Crippen LogP contribution is 2.35. The second-order valence-corrected chi connectivity index (χ2v) is 6.37. The van der Waals surface area contributed by atoms with Gasteiger partial charge in [-0.3, -0.25) is 4.79 Å². The standard InChI is InChI=1S/C18H26FNO3/c1-3-13(2)16(21)12-20-17(22)18(7-9-23-10-8-18)14-5-4-6-15(19)11-14/h4-6,11,13,16,21H,3,7-10,12H2,1-2H3,(H,20,22). The Morgan fingerprint density at radius 3 is 2.74 bits per heavy atom. The normalized spacial score (nSPS) is 19.8. The summed E-state index contributed by atoms with van der Waals surface area (Å²) in [4.78, 5) is 12.8. The van der Waals surface area contributed by atoms with Crippen molar-refractivity contribution in [3.63, 3.8) is 0 Å². The van der Waals surface area contributed by atoms with Gasteiger partial charge in [0.05, 0.1) is 11.5 Å². The summed E-state index contributed by atoms with van der Waals surface area (Å²) in [6.07, 6.45) is 1.30. The van der Waals surface area contributed by atoms with Gasteiger partial charge in [-0.15, -0.1) is 0 Å². The summed E-state index contributed by atoms with van der Waals surface area (Å²) in [7, 11) is 0. The molecule has 0 aromatic heterocycles. The van der Waals surface area contributed by atoms with Crippen LogP contribution in [-0.4, -0.2) is 36.9 Å². The van der Waals surface area contributed by atoms with Crippen LogP contribution in [0.25, 0.3) is 0 Å². The van der Waals surface area contributed by atoms with Crippen molar-refractivity contribution >= 4 is 5.91 Å². The Morgan fingerprint density at radius 1 is 1.43 bits per heavy atom. The van der Waals surface area contributed by atoms with Crippen molar-refractivity contribution in [2.45, 2.75) is 44.6 Å². The molecule has 1 aromatic carbocycles. The third kappa shape index (κ3) is 4.09. The molecule has 23 heavy (non-hydrogen) atoms. The fraction of sp³-hybridized carbons (Fsp3) is 0.611. The van der Waals surface area contributed by atoms with Crippen LogP contribution in [0.2, 0.25) is 0 Å². The molecule has 2 unspecified atom stereocenters. The molecule has 4 nitrogen and oxygen atoms in total. The summed E-state index contributed by atoms with van der Waals surface area (Å²) < 4.78 is 19.0. The molecule has 0 aliphatic carbocycles. The van der Waals surface area contributed by atoms with Gasteiger partial charge in [-0.05, 0) is 36.5 Å². The minimum atomic E-state index is -0.782. The van der Waals surface area contributed by atoms with Crippen LogP contribution < -0.4 is 5.32 Å². The zero-order chi connectivity index (χ0) is 16.9.